The van der Waals surface area contributed by atoms with E-state index in [1.165, 1.54) is 6.07 Å². The van der Waals surface area contributed by atoms with Crippen molar-refractivity contribution in [1.29, 1.82) is 0 Å². The average Bonchev–Trinajstić information content (AvgIpc) is 3.19. The van der Waals surface area contributed by atoms with Crippen LogP contribution in [0.3, 0.4) is 0 Å². The van der Waals surface area contributed by atoms with Gasteiger partial charge in [0.15, 0.2) is 17.2 Å². The number of aromatic nitrogens is 1. The highest BCUT2D eigenvalue weighted by Gasteiger charge is 2.19. The van der Waals surface area contributed by atoms with Gasteiger partial charge in [-0.3, -0.25) is 4.79 Å². The van der Waals surface area contributed by atoms with Gasteiger partial charge >= 0.3 is 6.03 Å². The Labute approximate surface area is 174 Å². The summed E-state index contributed by atoms with van der Waals surface area (Å²) in [6.45, 7) is 0.0960. The van der Waals surface area contributed by atoms with Gasteiger partial charge in [-0.15, -0.1) is 0 Å². The number of amides is 3. The molecule has 0 aliphatic rings. The third-order valence-electron chi connectivity index (χ3n) is 4.65. The second-order valence-corrected chi connectivity index (χ2v) is 6.67. The van der Waals surface area contributed by atoms with Crippen LogP contribution in [0.4, 0.5) is 19.3 Å². The molecule has 1 aromatic heterocycles. The number of nitrogens with zero attached hydrogens (tertiary/aromatic N) is 1. The van der Waals surface area contributed by atoms with Crippen LogP contribution in [0.5, 0.6) is 0 Å². The van der Waals surface area contributed by atoms with E-state index in [0.717, 1.165) is 12.1 Å². The van der Waals surface area contributed by atoms with Gasteiger partial charge < -0.3 is 20.9 Å². The molecule has 0 radical (unpaired) electrons. The predicted octanol–water partition coefficient (Wildman–Crippen LogP) is 4.19. The molecular formula is C22H16F2N4O3. The van der Waals surface area contributed by atoms with Gasteiger partial charge in [-0.25, -0.2) is 13.6 Å². The highest BCUT2D eigenvalue weighted by Crippen LogP contribution is 2.32. The first kappa shape index (κ1) is 20.0. The Bertz CT molecular complexity index is 1300. The van der Waals surface area contributed by atoms with E-state index in [4.69, 9.17) is 10.3 Å². The van der Waals surface area contributed by atoms with Crippen LogP contribution in [-0.2, 0) is 6.54 Å². The van der Waals surface area contributed by atoms with Crippen molar-refractivity contribution in [3.8, 4) is 11.3 Å². The number of carbonyl (C=O) groups excluding carboxylic acids is 2. The number of primary amides is 1. The molecule has 7 nitrogen and oxygen atoms in total. The normalized spacial score (nSPS) is 10.8. The molecule has 3 aromatic carbocycles. The number of carbonyl (C=O) groups is 2. The summed E-state index contributed by atoms with van der Waals surface area (Å²) in [7, 11) is 0. The summed E-state index contributed by atoms with van der Waals surface area (Å²) >= 11 is 0. The number of hydrogen-bond donors (Lipinski definition) is 3. The van der Waals surface area contributed by atoms with Crippen LogP contribution in [-0.4, -0.2) is 17.1 Å². The van der Waals surface area contributed by atoms with Gasteiger partial charge in [0.05, 0.1) is 10.9 Å². The molecule has 1 heterocycles. The SMILES string of the molecule is NC(=O)c1cccc2onc(-c3ccccc3CNC(=O)Nc3ccc(F)c(F)c3)c12. The fourth-order valence-corrected chi connectivity index (χ4v) is 3.21. The van der Waals surface area contributed by atoms with Crippen LogP contribution in [0, 0.1) is 11.6 Å². The molecule has 0 aliphatic carbocycles. The first-order valence-corrected chi connectivity index (χ1v) is 9.20. The molecule has 0 unspecified atom stereocenters. The summed E-state index contributed by atoms with van der Waals surface area (Å²) in [6, 6.07) is 14.5. The number of benzene rings is 3. The van der Waals surface area contributed by atoms with Gasteiger partial charge in [-0.2, -0.15) is 0 Å². The van der Waals surface area contributed by atoms with Crippen molar-refractivity contribution < 1.29 is 22.9 Å². The van der Waals surface area contributed by atoms with E-state index in [0.29, 0.717) is 27.8 Å². The molecular weight excluding hydrogens is 406 g/mol. The maximum atomic E-state index is 13.3. The molecule has 9 heteroatoms. The van der Waals surface area contributed by atoms with Gasteiger partial charge in [0.2, 0.25) is 5.91 Å². The number of fused-ring (bicyclic) bond motifs is 1. The quantitative estimate of drug-likeness (QED) is 0.448. The molecule has 4 rings (SSSR count). The minimum absolute atomic E-state index is 0.0960. The third-order valence-corrected chi connectivity index (χ3v) is 4.65. The molecule has 156 valence electrons. The zero-order chi connectivity index (χ0) is 22.0. The molecule has 0 fully saturated rings. The first-order chi connectivity index (χ1) is 14.9. The van der Waals surface area contributed by atoms with Crippen LogP contribution in [0.1, 0.15) is 15.9 Å². The van der Waals surface area contributed by atoms with Crippen molar-refractivity contribution in [3.63, 3.8) is 0 Å². The van der Waals surface area contributed by atoms with Crippen molar-refractivity contribution >= 4 is 28.6 Å². The topological polar surface area (TPSA) is 110 Å². The molecule has 0 aliphatic heterocycles. The number of rotatable bonds is 5. The van der Waals surface area contributed by atoms with E-state index < -0.39 is 23.6 Å². The lowest BCUT2D eigenvalue weighted by molar-refractivity contribution is 0.100. The Kier molecular flexibility index (Phi) is 5.31. The minimum Gasteiger partial charge on any atom is -0.366 e. The summed E-state index contributed by atoms with van der Waals surface area (Å²) in [6.07, 6.45) is 0. The summed E-state index contributed by atoms with van der Waals surface area (Å²) in [5, 5.41) is 9.66. The lowest BCUT2D eigenvalue weighted by Gasteiger charge is -2.11. The highest BCUT2D eigenvalue weighted by atomic mass is 19.2. The zero-order valence-corrected chi connectivity index (χ0v) is 16.0. The monoisotopic (exact) mass is 422 g/mol. The van der Waals surface area contributed by atoms with Gasteiger partial charge in [0.1, 0.15) is 5.69 Å². The molecule has 4 aromatic rings. The van der Waals surface area contributed by atoms with Gasteiger partial charge in [0, 0.05) is 23.9 Å². The average molecular weight is 422 g/mol. The van der Waals surface area contributed by atoms with E-state index in [2.05, 4.69) is 15.8 Å². The molecule has 4 N–H and O–H groups in total. The molecule has 0 saturated heterocycles. The van der Waals surface area contributed by atoms with Gasteiger partial charge in [-0.1, -0.05) is 35.5 Å². The van der Waals surface area contributed by atoms with Gasteiger partial charge in [-0.05, 0) is 29.8 Å². The van der Waals surface area contributed by atoms with Gasteiger partial charge in [0.25, 0.3) is 0 Å². The van der Waals surface area contributed by atoms with Crippen molar-refractivity contribution in [2.24, 2.45) is 5.73 Å². The molecule has 0 atom stereocenters. The number of anilines is 1. The van der Waals surface area contributed by atoms with Crippen molar-refractivity contribution in [2.75, 3.05) is 5.32 Å². The van der Waals surface area contributed by atoms with Crippen LogP contribution >= 0.6 is 0 Å². The Morgan fingerprint density at radius 3 is 2.58 bits per heavy atom. The smallest absolute Gasteiger partial charge is 0.319 e. The van der Waals surface area contributed by atoms with E-state index in [1.807, 2.05) is 0 Å². The zero-order valence-electron chi connectivity index (χ0n) is 16.0. The Balaban J connectivity index is 1.59. The van der Waals surface area contributed by atoms with E-state index >= 15 is 0 Å². The Morgan fingerprint density at radius 1 is 1.00 bits per heavy atom. The molecule has 31 heavy (non-hydrogen) atoms. The summed E-state index contributed by atoms with van der Waals surface area (Å²) < 4.78 is 31.7. The fourth-order valence-electron chi connectivity index (χ4n) is 3.21. The van der Waals surface area contributed by atoms with Crippen molar-refractivity contribution in [3.05, 3.63) is 83.4 Å². The highest BCUT2D eigenvalue weighted by molar-refractivity contribution is 6.10. The summed E-state index contributed by atoms with van der Waals surface area (Å²) in [4.78, 5) is 24.1. The Morgan fingerprint density at radius 2 is 1.81 bits per heavy atom. The van der Waals surface area contributed by atoms with Crippen LogP contribution in [0.2, 0.25) is 0 Å². The van der Waals surface area contributed by atoms with Crippen molar-refractivity contribution in [1.82, 2.24) is 10.5 Å². The Hall–Kier alpha value is -4.27. The molecule has 0 saturated carbocycles. The second-order valence-electron chi connectivity index (χ2n) is 6.67. The van der Waals surface area contributed by atoms with Crippen molar-refractivity contribution in [2.45, 2.75) is 6.54 Å². The maximum absolute atomic E-state index is 13.3. The van der Waals surface area contributed by atoms with E-state index in [1.54, 1.807) is 42.5 Å². The van der Waals surface area contributed by atoms with Crippen LogP contribution in [0.25, 0.3) is 22.2 Å². The first-order valence-electron chi connectivity index (χ1n) is 9.20. The molecule has 0 spiro atoms. The predicted molar refractivity (Wildman–Crippen MR) is 110 cm³/mol. The second kappa shape index (κ2) is 8.23. The lowest BCUT2D eigenvalue weighted by atomic mass is 9.99. The third kappa shape index (κ3) is 4.06. The summed E-state index contributed by atoms with van der Waals surface area (Å²) in [5.74, 6) is -2.68. The molecule has 0 bridgehead atoms. The number of nitrogens with one attached hydrogen (secondary N) is 2. The fraction of sp³-hybridized carbons (Fsp3) is 0.0455. The van der Waals surface area contributed by atoms with E-state index in [-0.39, 0.29) is 17.8 Å². The minimum atomic E-state index is -1.06. The number of halogens is 2. The summed E-state index contributed by atoms with van der Waals surface area (Å²) in [5.41, 5.74) is 8.03. The number of hydrogen-bond acceptors (Lipinski definition) is 4. The number of nitrogens with two attached hydrogens (primary N) is 1. The number of urea groups is 1. The largest absolute Gasteiger partial charge is 0.366 e. The van der Waals surface area contributed by atoms with E-state index in [9.17, 15) is 18.4 Å². The lowest BCUT2D eigenvalue weighted by Crippen LogP contribution is -2.28. The standard InChI is InChI=1S/C22H16F2N4O3/c23-16-9-8-13(10-17(16)24)27-22(30)26-11-12-4-1-2-5-14(12)20-19-15(21(25)29)6-3-7-18(19)31-28-20/h1-10H,11H2,(H2,25,29)(H2,26,27,30). The van der Waals surface area contributed by atoms with Crippen LogP contribution < -0.4 is 16.4 Å². The maximum Gasteiger partial charge on any atom is 0.319 e. The van der Waals surface area contributed by atoms with Crippen LogP contribution in [0.15, 0.2) is 65.2 Å². The molecule has 3 amide bonds.